The van der Waals surface area contributed by atoms with Crippen molar-refractivity contribution >= 4 is 23.4 Å². The van der Waals surface area contributed by atoms with Gasteiger partial charge in [0.25, 0.3) is 0 Å². The van der Waals surface area contributed by atoms with Crippen LogP contribution in [0.4, 0.5) is 0 Å². The van der Waals surface area contributed by atoms with Gasteiger partial charge in [0.05, 0.1) is 0 Å². The van der Waals surface area contributed by atoms with Crippen LogP contribution in [0.3, 0.4) is 0 Å². The lowest BCUT2D eigenvalue weighted by molar-refractivity contribution is -0.152. The number of nitrogens with one attached hydrogen (secondary N) is 1. The number of hydrogen-bond acceptors (Lipinski definition) is 2. The Morgan fingerprint density at radius 3 is 2.62 bits per heavy atom. The molecule has 1 atom stereocenters. The summed E-state index contributed by atoms with van der Waals surface area (Å²) in [5.41, 5.74) is 1.45. The molecule has 0 spiro atoms. The van der Waals surface area contributed by atoms with Gasteiger partial charge in [-0.05, 0) is 33.3 Å². The Morgan fingerprint density at radius 1 is 1.56 bits per heavy atom. The molecule has 1 aliphatic rings. The summed E-state index contributed by atoms with van der Waals surface area (Å²) < 4.78 is 0. The van der Waals surface area contributed by atoms with Crippen LogP contribution >= 0.6 is 11.6 Å². The average molecular weight is 245 g/mol. The van der Waals surface area contributed by atoms with Gasteiger partial charge in [-0.1, -0.05) is 11.6 Å². The summed E-state index contributed by atoms with van der Waals surface area (Å²) in [6, 6.07) is -0.452. The Hall–Kier alpha value is -1.03. The van der Waals surface area contributed by atoms with E-state index in [9.17, 15) is 9.59 Å². The highest BCUT2D eigenvalue weighted by Crippen LogP contribution is 2.19. The first-order valence-corrected chi connectivity index (χ1v) is 5.62. The molecule has 2 amide bonds. The Labute approximate surface area is 101 Å². The maximum atomic E-state index is 12.1. The molecule has 0 aliphatic carbocycles. The van der Waals surface area contributed by atoms with Gasteiger partial charge >= 0.3 is 0 Å². The van der Waals surface area contributed by atoms with Crippen LogP contribution in [0, 0.1) is 0 Å². The van der Waals surface area contributed by atoms with E-state index in [4.69, 9.17) is 11.6 Å². The van der Waals surface area contributed by atoms with Crippen LogP contribution in [-0.4, -0.2) is 34.8 Å². The molecule has 1 unspecified atom stereocenters. The van der Waals surface area contributed by atoms with Crippen molar-refractivity contribution in [3.05, 3.63) is 11.1 Å². The van der Waals surface area contributed by atoms with Gasteiger partial charge in [0.1, 0.15) is 11.6 Å². The van der Waals surface area contributed by atoms with Crippen LogP contribution in [0.25, 0.3) is 0 Å². The number of piperazine rings is 1. The fourth-order valence-electron chi connectivity index (χ4n) is 1.65. The molecule has 1 heterocycles. The van der Waals surface area contributed by atoms with Gasteiger partial charge in [0, 0.05) is 12.1 Å². The molecule has 1 N–H and O–H groups in total. The minimum absolute atomic E-state index is 0.0857. The number of carbonyl (C=O) groups is 2. The molecule has 0 aromatic carbocycles. The molecular weight excluding hydrogens is 228 g/mol. The number of amides is 2. The number of carbonyl (C=O) groups excluding carboxylic acids is 2. The molecule has 4 nitrogen and oxygen atoms in total. The Kier molecular flexibility index (Phi) is 3.63. The van der Waals surface area contributed by atoms with Crippen LogP contribution in [-0.2, 0) is 9.59 Å². The summed E-state index contributed by atoms with van der Waals surface area (Å²) in [5, 5.41) is 2.69. The topological polar surface area (TPSA) is 49.4 Å². The molecule has 1 aliphatic heterocycles. The maximum Gasteiger partial charge on any atom is 0.248 e. The smallest absolute Gasteiger partial charge is 0.248 e. The lowest BCUT2D eigenvalue weighted by atomic mass is 9.97. The molecule has 0 saturated carbocycles. The van der Waals surface area contributed by atoms with E-state index in [0.717, 1.165) is 5.57 Å². The molecule has 90 valence electrons. The predicted molar refractivity (Wildman–Crippen MR) is 63.0 cm³/mol. The summed E-state index contributed by atoms with van der Waals surface area (Å²) >= 11 is 5.57. The van der Waals surface area contributed by atoms with Crippen LogP contribution in [0.1, 0.15) is 27.7 Å². The summed E-state index contributed by atoms with van der Waals surface area (Å²) in [7, 11) is 0. The predicted octanol–water partition coefficient (Wildman–Crippen LogP) is 1.25. The average Bonchev–Trinajstić information content (AvgIpc) is 2.21. The number of rotatable bonds is 2. The summed E-state index contributed by atoms with van der Waals surface area (Å²) in [5.74, 6) is -0.218. The van der Waals surface area contributed by atoms with E-state index in [0.29, 0.717) is 6.54 Å². The number of hydrogen-bond donors (Lipinski definition) is 1. The second kappa shape index (κ2) is 4.45. The van der Waals surface area contributed by atoms with E-state index in [1.165, 1.54) is 5.54 Å². The molecule has 16 heavy (non-hydrogen) atoms. The molecule has 5 heteroatoms. The highest BCUT2D eigenvalue weighted by Gasteiger charge is 2.43. The molecule has 0 aromatic heterocycles. The highest BCUT2D eigenvalue weighted by atomic mass is 35.5. The van der Waals surface area contributed by atoms with Crippen molar-refractivity contribution in [2.75, 3.05) is 6.54 Å². The maximum absolute atomic E-state index is 12.1. The second-order valence-electron chi connectivity index (χ2n) is 4.68. The van der Waals surface area contributed by atoms with Crippen molar-refractivity contribution in [1.29, 1.82) is 0 Å². The zero-order chi connectivity index (χ0) is 12.5. The lowest BCUT2D eigenvalue weighted by Crippen LogP contribution is -2.67. The quantitative estimate of drug-likeness (QED) is 0.795. The molecular formula is C11H17ClN2O2. The van der Waals surface area contributed by atoms with Gasteiger partial charge in [0.15, 0.2) is 0 Å². The Bertz CT molecular complexity index is 350. The van der Waals surface area contributed by atoms with E-state index in [-0.39, 0.29) is 11.8 Å². The lowest BCUT2D eigenvalue weighted by Gasteiger charge is -2.41. The van der Waals surface area contributed by atoms with E-state index < -0.39 is 11.6 Å². The van der Waals surface area contributed by atoms with Gasteiger partial charge in [-0.15, -0.1) is 0 Å². The standard InChI is InChI=1S/C11H17ClN2O2/c1-7(5-12)6-14-8(2)9(15)13-11(3,4)10(14)16/h5,8H,6H2,1-4H3,(H,13,15). The Morgan fingerprint density at radius 2 is 2.12 bits per heavy atom. The molecule has 1 rings (SSSR count). The van der Waals surface area contributed by atoms with Crippen molar-refractivity contribution in [3.8, 4) is 0 Å². The van der Waals surface area contributed by atoms with E-state index >= 15 is 0 Å². The van der Waals surface area contributed by atoms with Crippen LogP contribution < -0.4 is 5.32 Å². The first-order chi connectivity index (χ1) is 7.29. The van der Waals surface area contributed by atoms with Crippen LogP contribution in [0.2, 0.25) is 0 Å². The van der Waals surface area contributed by atoms with Gasteiger partial charge in [-0.3, -0.25) is 9.59 Å². The SMILES string of the molecule is CC(=CCl)CN1C(=O)C(C)(C)NC(=O)C1C. The monoisotopic (exact) mass is 244 g/mol. The Balaban J connectivity index is 2.95. The molecule has 0 aromatic rings. The van der Waals surface area contributed by atoms with E-state index in [1.54, 1.807) is 25.7 Å². The second-order valence-corrected chi connectivity index (χ2v) is 4.90. The van der Waals surface area contributed by atoms with Crippen LogP contribution in [0.5, 0.6) is 0 Å². The van der Waals surface area contributed by atoms with Gasteiger partial charge < -0.3 is 10.2 Å². The minimum atomic E-state index is -0.837. The fourth-order valence-corrected chi connectivity index (χ4v) is 1.72. The summed E-state index contributed by atoms with van der Waals surface area (Å²) in [4.78, 5) is 25.3. The zero-order valence-corrected chi connectivity index (χ0v) is 10.8. The molecule has 0 radical (unpaired) electrons. The van der Waals surface area contributed by atoms with Crippen molar-refractivity contribution in [3.63, 3.8) is 0 Å². The van der Waals surface area contributed by atoms with Gasteiger partial charge in [-0.2, -0.15) is 0 Å². The largest absolute Gasteiger partial charge is 0.340 e. The van der Waals surface area contributed by atoms with Crippen molar-refractivity contribution < 1.29 is 9.59 Å². The third kappa shape index (κ3) is 2.38. The van der Waals surface area contributed by atoms with Gasteiger partial charge in [0.2, 0.25) is 11.8 Å². The van der Waals surface area contributed by atoms with E-state index in [1.807, 2.05) is 6.92 Å². The minimum Gasteiger partial charge on any atom is -0.340 e. The molecule has 1 fully saturated rings. The summed E-state index contributed by atoms with van der Waals surface area (Å²) in [6.45, 7) is 7.33. The van der Waals surface area contributed by atoms with E-state index in [2.05, 4.69) is 5.32 Å². The fraction of sp³-hybridized carbons (Fsp3) is 0.636. The first-order valence-electron chi connectivity index (χ1n) is 5.18. The molecule has 1 saturated heterocycles. The van der Waals surface area contributed by atoms with Gasteiger partial charge in [-0.25, -0.2) is 0 Å². The highest BCUT2D eigenvalue weighted by molar-refractivity contribution is 6.25. The van der Waals surface area contributed by atoms with Crippen molar-refractivity contribution in [2.24, 2.45) is 0 Å². The third-order valence-electron chi connectivity index (χ3n) is 2.68. The normalized spacial score (nSPS) is 25.7. The van der Waals surface area contributed by atoms with Crippen molar-refractivity contribution in [1.82, 2.24) is 10.2 Å². The zero-order valence-electron chi connectivity index (χ0n) is 10.0. The summed E-state index contributed by atoms with van der Waals surface area (Å²) in [6.07, 6.45) is 0. The molecule has 0 bridgehead atoms. The van der Waals surface area contributed by atoms with Crippen molar-refractivity contribution in [2.45, 2.75) is 39.3 Å². The van der Waals surface area contributed by atoms with Crippen LogP contribution in [0.15, 0.2) is 11.1 Å². The third-order valence-corrected chi connectivity index (χ3v) is 3.06. The first kappa shape index (κ1) is 13.0. The number of nitrogens with zero attached hydrogens (tertiary/aromatic N) is 1. The number of halogens is 1.